The summed E-state index contributed by atoms with van der Waals surface area (Å²) in [6.45, 7) is 0. The molecule has 92 valence electrons. The Morgan fingerprint density at radius 3 is 2.63 bits per heavy atom. The number of hydrogen-bond donors (Lipinski definition) is 1. The predicted octanol–water partition coefficient (Wildman–Crippen LogP) is 1.67. The number of nitrogens with one attached hydrogen (secondary N) is 1. The zero-order chi connectivity index (χ0) is 13.1. The molecule has 0 fully saturated rings. The van der Waals surface area contributed by atoms with E-state index in [1.54, 1.807) is 24.5 Å². The van der Waals surface area contributed by atoms with Crippen LogP contribution in [0, 0.1) is 0 Å². The fraction of sp³-hybridized carbons (Fsp3) is 0. The first kappa shape index (κ1) is 11.2. The predicted molar refractivity (Wildman–Crippen MR) is 69.5 cm³/mol. The van der Waals surface area contributed by atoms with E-state index in [2.05, 4.69) is 25.5 Å². The van der Waals surface area contributed by atoms with Crippen molar-refractivity contribution in [2.45, 2.75) is 0 Å². The number of carbonyl (C=O) groups excluding carboxylic acids is 1. The first-order chi connectivity index (χ1) is 9.33. The summed E-state index contributed by atoms with van der Waals surface area (Å²) >= 11 is 0. The molecule has 1 amide bonds. The van der Waals surface area contributed by atoms with Gasteiger partial charge in [0.25, 0.3) is 5.91 Å². The third-order valence-electron chi connectivity index (χ3n) is 2.52. The van der Waals surface area contributed by atoms with Crippen LogP contribution in [0.2, 0.25) is 0 Å². The third-order valence-corrected chi connectivity index (χ3v) is 2.52. The van der Waals surface area contributed by atoms with Gasteiger partial charge in [-0.15, -0.1) is 10.2 Å². The van der Waals surface area contributed by atoms with E-state index in [-0.39, 0.29) is 17.5 Å². The maximum absolute atomic E-state index is 12.0. The summed E-state index contributed by atoms with van der Waals surface area (Å²) < 4.78 is 0. The Hall–Kier alpha value is -2.89. The second kappa shape index (κ2) is 4.77. The summed E-state index contributed by atoms with van der Waals surface area (Å²) in [4.78, 5) is 19.8. The molecule has 2 heterocycles. The fourth-order valence-electron chi connectivity index (χ4n) is 1.62. The van der Waals surface area contributed by atoms with E-state index in [1.165, 1.54) is 0 Å². The van der Waals surface area contributed by atoms with Crippen LogP contribution in [-0.4, -0.2) is 26.1 Å². The molecule has 0 bridgehead atoms. The second-order valence-corrected chi connectivity index (χ2v) is 3.81. The normalized spacial score (nSPS) is 10.3. The maximum atomic E-state index is 12.0. The highest BCUT2D eigenvalue weighted by Gasteiger charge is 2.10. The lowest BCUT2D eigenvalue weighted by molar-refractivity contribution is 0.102. The van der Waals surface area contributed by atoms with Crippen molar-refractivity contribution in [3.63, 3.8) is 0 Å². The number of aromatic nitrogens is 4. The standard InChI is InChI=1S/C13H9N5O/c19-12(16-13-14-6-3-7-15-13)11-8-9-4-1-2-5-10(9)17-18-11/h1-8H,(H,14,15,16,19). The van der Waals surface area contributed by atoms with Gasteiger partial charge < -0.3 is 0 Å². The van der Waals surface area contributed by atoms with Crippen LogP contribution in [0.5, 0.6) is 0 Å². The van der Waals surface area contributed by atoms with Crippen molar-refractivity contribution in [1.82, 2.24) is 20.2 Å². The summed E-state index contributed by atoms with van der Waals surface area (Å²) in [5.41, 5.74) is 0.973. The molecule has 0 radical (unpaired) electrons. The number of hydrogen-bond acceptors (Lipinski definition) is 5. The van der Waals surface area contributed by atoms with Crippen molar-refractivity contribution < 1.29 is 4.79 Å². The number of rotatable bonds is 2. The molecular weight excluding hydrogens is 242 g/mol. The van der Waals surface area contributed by atoms with Crippen molar-refractivity contribution in [3.8, 4) is 0 Å². The molecule has 0 atom stereocenters. The largest absolute Gasteiger partial charge is 0.289 e. The average molecular weight is 251 g/mol. The van der Waals surface area contributed by atoms with Crippen molar-refractivity contribution in [2.24, 2.45) is 0 Å². The Labute approximate surface area is 108 Å². The van der Waals surface area contributed by atoms with Gasteiger partial charge in [0, 0.05) is 17.8 Å². The van der Waals surface area contributed by atoms with Gasteiger partial charge in [-0.3, -0.25) is 10.1 Å². The van der Waals surface area contributed by atoms with Crippen LogP contribution < -0.4 is 5.32 Å². The molecule has 3 aromatic rings. The topological polar surface area (TPSA) is 80.7 Å². The molecule has 2 aromatic heterocycles. The highest BCUT2D eigenvalue weighted by atomic mass is 16.2. The molecule has 0 spiro atoms. The van der Waals surface area contributed by atoms with Gasteiger partial charge in [0.1, 0.15) is 0 Å². The third kappa shape index (κ3) is 2.37. The van der Waals surface area contributed by atoms with E-state index in [9.17, 15) is 4.79 Å². The number of nitrogens with zero attached hydrogens (tertiary/aromatic N) is 4. The number of fused-ring (bicyclic) bond motifs is 1. The van der Waals surface area contributed by atoms with Gasteiger partial charge in [-0.05, 0) is 18.2 Å². The lowest BCUT2D eigenvalue weighted by Gasteiger charge is -2.02. The summed E-state index contributed by atoms with van der Waals surface area (Å²) in [5.74, 6) is -0.146. The Morgan fingerprint density at radius 1 is 1.00 bits per heavy atom. The number of carbonyl (C=O) groups is 1. The van der Waals surface area contributed by atoms with Crippen LogP contribution in [0.15, 0.2) is 48.8 Å². The number of anilines is 1. The summed E-state index contributed by atoms with van der Waals surface area (Å²) in [7, 11) is 0. The van der Waals surface area contributed by atoms with E-state index in [0.717, 1.165) is 10.9 Å². The smallest absolute Gasteiger partial charge is 0.278 e. The average Bonchev–Trinajstić information content (AvgIpc) is 2.48. The van der Waals surface area contributed by atoms with Crippen molar-refractivity contribution in [1.29, 1.82) is 0 Å². The summed E-state index contributed by atoms with van der Waals surface area (Å²) in [6, 6.07) is 10.8. The molecule has 0 aliphatic carbocycles. The minimum Gasteiger partial charge on any atom is -0.289 e. The highest BCUT2D eigenvalue weighted by molar-refractivity contribution is 6.03. The van der Waals surface area contributed by atoms with Crippen molar-refractivity contribution in [3.05, 3.63) is 54.5 Å². The quantitative estimate of drug-likeness (QED) is 0.749. The first-order valence-corrected chi connectivity index (χ1v) is 5.64. The van der Waals surface area contributed by atoms with Gasteiger partial charge in [0.05, 0.1) is 5.52 Å². The molecule has 6 nitrogen and oxygen atoms in total. The molecule has 19 heavy (non-hydrogen) atoms. The Morgan fingerprint density at radius 2 is 1.79 bits per heavy atom. The molecule has 0 unspecified atom stereocenters. The first-order valence-electron chi connectivity index (χ1n) is 5.64. The van der Waals surface area contributed by atoms with Gasteiger partial charge in [-0.1, -0.05) is 18.2 Å². The molecule has 0 aliphatic rings. The Balaban J connectivity index is 1.89. The Bertz CT molecular complexity index is 729. The zero-order valence-corrected chi connectivity index (χ0v) is 9.82. The molecule has 0 saturated carbocycles. The molecular formula is C13H9N5O. The van der Waals surface area contributed by atoms with Crippen LogP contribution in [0.3, 0.4) is 0 Å². The van der Waals surface area contributed by atoms with E-state index >= 15 is 0 Å². The molecule has 1 aromatic carbocycles. The lowest BCUT2D eigenvalue weighted by Crippen LogP contribution is -2.16. The molecule has 0 saturated heterocycles. The number of benzene rings is 1. The molecule has 0 aliphatic heterocycles. The van der Waals surface area contributed by atoms with Gasteiger partial charge >= 0.3 is 0 Å². The van der Waals surface area contributed by atoms with E-state index < -0.39 is 0 Å². The lowest BCUT2D eigenvalue weighted by atomic mass is 10.2. The van der Waals surface area contributed by atoms with Gasteiger partial charge in [-0.2, -0.15) is 0 Å². The van der Waals surface area contributed by atoms with Crippen LogP contribution in [0.25, 0.3) is 10.9 Å². The SMILES string of the molecule is O=C(Nc1ncccn1)c1cc2ccccc2nn1. The molecule has 1 N–H and O–H groups in total. The minimum atomic E-state index is -0.385. The molecule has 6 heteroatoms. The zero-order valence-electron chi connectivity index (χ0n) is 9.82. The summed E-state index contributed by atoms with van der Waals surface area (Å²) in [6.07, 6.45) is 3.10. The van der Waals surface area contributed by atoms with Gasteiger partial charge in [-0.25, -0.2) is 9.97 Å². The van der Waals surface area contributed by atoms with Crippen LogP contribution >= 0.6 is 0 Å². The van der Waals surface area contributed by atoms with E-state index in [0.29, 0.717) is 0 Å². The van der Waals surface area contributed by atoms with Crippen LogP contribution in [-0.2, 0) is 0 Å². The van der Waals surface area contributed by atoms with E-state index in [4.69, 9.17) is 0 Å². The Kier molecular flexibility index (Phi) is 2.82. The monoisotopic (exact) mass is 251 g/mol. The highest BCUT2D eigenvalue weighted by Crippen LogP contribution is 2.11. The van der Waals surface area contributed by atoms with Gasteiger partial charge in [0.15, 0.2) is 5.69 Å². The van der Waals surface area contributed by atoms with E-state index in [1.807, 2.05) is 24.3 Å². The number of amides is 1. The molecule has 3 rings (SSSR count). The maximum Gasteiger partial charge on any atom is 0.278 e. The van der Waals surface area contributed by atoms with Gasteiger partial charge in [0.2, 0.25) is 5.95 Å². The minimum absolute atomic E-state index is 0.228. The second-order valence-electron chi connectivity index (χ2n) is 3.81. The fourth-order valence-corrected chi connectivity index (χ4v) is 1.62. The van der Waals surface area contributed by atoms with Crippen LogP contribution in [0.4, 0.5) is 5.95 Å². The van der Waals surface area contributed by atoms with Crippen molar-refractivity contribution >= 4 is 22.8 Å². The summed E-state index contributed by atoms with van der Waals surface area (Å²) in [5, 5.41) is 11.3. The van der Waals surface area contributed by atoms with Crippen LogP contribution in [0.1, 0.15) is 10.5 Å². The van der Waals surface area contributed by atoms with Crippen molar-refractivity contribution in [2.75, 3.05) is 5.32 Å².